The fraction of sp³-hybridized carbons (Fsp3) is 0.111. The summed E-state index contributed by atoms with van der Waals surface area (Å²) in [6, 6.07) is 4.24. The third-order valence-corrected chi connectivity index (χ3v) is 3.74. The van der Waals surface area contributed by atoms with Crippen LogP contribution in [0, 0.1) is 0 Å². The van der Waals surface area contributed by atoms with Crippen LogP contribution in [0.1, 0.15) is 11.1 Å². The molecule has 0 bridgehead atoms. The number of alkyl halides is 6. The third kappa shape index (κ3) is 6.44. The first-order valence-corrected chi connectivity index (χ1v) is 8.37. The van der Waals surface area contributed by atoms with Crippen LogP contribution in [0.3, 0.4) is 0 Å². The highest BCUT2D eigenvalue weighted by Gasteiger charge is 2.37. The number of halogens is 7. The van der Waals surface area contributed by atoms with Crippen molar-refractivity contribution in [3.05, 3.63) is 66.3 Å². The van der Waals surface area contributed by atoms with Gasteiger partial charge in [0.1, 0.15) is 6.33 Å². The van der Waals surface area contributed by atoms with E-state index >= 15 is 0 Å². The molecular weight excluding hydrogens is 466 g/mol. The Balaban J connectivity index is 0.00000363. The lowest BCUT2D eigenvalue weighted by Crippen LogP contribution is -2.27. The molecule has 0 aliphatic rings. The lowest BCUT2D eigenvalue weighted by Gasteiger charge is -2.13. The second-order valence-electron chi connectivity index (χ2n) is 6.01. The van der Waals surface area contributed by atoms with E-state index in [2.05, 4.69) is 25.9 Å². The number of nitrogens with zero attached hydrogens (tertiary/aromatic N) is 4. The van der Waals surface area contributed by atoms with Gasteiger partial charge in [-0.2, -0.15) is 26.3 Å². The zero-order valence-electron chi connectivity index (χ0n) is 15.6. The van der Waals surface area contributed by atoms with Crippen LogP contribution in [-0.2, 0) is 17.1 Å². The maximum atomic E-state index is 13.0. The maximum Gasteiger partial charge on any atom is 0.416 e. The first-order valence-electron chi connectivity index (χ1n) is 8.37. The van der Waals surface area contributed by atoms with Gasteiger partial charge in [0.05, 0.1) is 16.8 Å². The summed E-state index contributed by atoms with van der Waals surface area (Å²) in [4.78, 5) is 19.3. The molecule has 2 aromatic heterocycles. The van der Waals surface area contributed by atoms with Crippen molar-refractivity contribution in [3.63, 3.8) is 0 Å². The average Bonchev–Trinajstić information content (AvgIpc) is 3.19. The summed E-state index contributed by atoms with van der Waals surface area (Å²) in [6.45, 7) is 0. The van der Waals surface area contributed by atoms with E-state index < -0.39 is 35.0 Å². The number of carbonyl (C=O) groups excluding carboxylic acids is 1. The molecular formula is C18H13ClF6N6O. The van der Waals surface area contributed by atoms with Gasteiger partial charge in [0, 0.05) is 30.2 Å². The van der Waals surface area contributed by atoms with Crippen LogP contribution in [0.2, 0.25) is 0 Å². The molecule has 7 nitrogen and oxygen atoms in total. The fourth-order valence-electron chi connectivity index (χ4n) is 2.32. The monoisotopic (exact) mass is 478 g/mol. The number of hydrogen-bond donors (Lipinski definition) is 2. The molecule has 3 aromatic rings. The Morgan fingerprint density at radius 2 is 1.56 bits per heavy atom. The molecule has 2 heterocycles. The standard InChI is InChI=1S/C18H12F6N6O.ClH/c19-17(20,21)12-7-11(8-13(9-12)18(22,23)24)16-26-10-30(29-16)6-3-15(31)28-27-14-1-4-25-5-2-14;/h1-10H,(H,25,27)(H,28,31);1H/b6-3-;. The number of carbonyl (C=O) groups is 1. The Morgan fingerprint density at radius 3 is 2.12 bits per heavy atom. The lowest BCUT2D eigenvalue weighted by atomic mass is 10.0. The van der Waals surface area contributed by atoms with Gasteiger partial charge < -0.3 is 0 Å². The second-order valence-corrected chi connectivity index (χ2v) is 6.01. The van der Waals surface area contributed by atoms with E-state index in [0.29, 0.717) is 17.8 Å². The van der Waals surface area contributed by atoms with Gasteiger partial charge in [0.2, 0.25) is 0 Å². The minimum Gasteiger partial charge on any atom is -0.298 e. The molecule has 1 aromatic carbocycles. The van der Waals surface area contributed by atoms with Gasteiger partial charge in [0.25, 0.3) is 5.91 Å². The van der Waals surface area contributed by atoms with Gasteiger partial charge in [-0.15, -0.1) is 17.5 Å². The summed E-state index contributed by atoms with van der Waals surface area (Å²) < 4.78 is 78.9. The highest BCUT2D eigenvalue weighted by Crippen LogP contribution is 2.38. The predicted octanol–water partition coefficient (Wildman–Crippen LogP) is 4.41. The Kier molecular flexibility index (Phi) is 7.46. The second kappa shape index (κ2) is 9.68. The van der Waals surface area contributed by atoms with Crippen molar-refractivity contribution in [1.29, 1.82) is 0 Å². The quantitative estimate of drug-likeness (QED) is 0.322. The number of aromatic nitrogens is 4. The fourth-order valence-corrected chi connectivity index (χ4v) is 2.32. The number of amides is 1. The molecule has 0 fully saturated rings. The molecule has 2 N–H and O–H groups in total. The number of anilines is 1. The number of nitrogens with one attached hydrogen (secondary N) is 2. The molecule has 0 aliphatic heterocycles. The molecule has 1 amide bonds. The minimum atomic E-state index is -4.99. The van der Waals surface area contributed by atoms with Crippen molar-refractivity contribution < 1.29 is 31.1 Å². The summed E-state index contributed by atoms with van der Waals surface area (Å²) in [6.07, 6.45) is -3.80. The van der Waals surface area contributed by atoms with Gasteiger partial charge in [-0.1, -0.05) is 0 Å². The van der Waals surface area contributed by atoms with E-state index in [1.807, 2.05) is 0 Å². The first kappa shape index (κ1) is 24.7. The van der Waals surface area contributed by atoms with Crippen molar-refractivity contribution in [1.82, 2.24) is 25.2 Å². The number of benzene rings is 1. The third-order valence-electron chi connectivity index (χ3n) is 3.74. The molecule has 3 rings (SSSR count). The molecule has 32 heavy (non-hydrogen) atoms. The molecule has 0 saturated carbocycles. The smallest absolute Gasteiger partial charge is 0.298 e. The Hall–Kier alpha value is -3.61. The largest absolute Gasteiger partial charge is 0.416 e. The summed E-state index contributed by atoms with van der Waals surface area (Å²) in [5.41, 5.74) is 2.07. The van der Waals surface area contributed by atoms with Gasteiger partial charge in [-0.05, 0) is 30.3 Å². The maximum absolute atomic E-state index is 13.0. The zero-order chi connectivity index (χ0) is 22.6. The first-order chi connectivity index (χ1) is 14.5. The molecule has 0 unspecified atom stereocenters. The van der Waals surface area contributed by atoms with E-state index in [0.717, 1.165) is 23.3 Å². The number of hydrazine groups is 1. The van der Waals surface area contributed by atoms with E-state index in [1.54, 1.807) is 12.1 Å². The molecule has 0 spiro atoms. The van der Waals surface area contributed by atoms with Crippen LogP contribution in [0.5, 0.6) is 0 Å². The highest BCUT2D eigenvalue weighted by molar-refractivity contribution is 5.90. The Morgan fingerprint density at radius 1 is 0.969 bits per heavy atom. The molecule has 0 aliphatic carbocycles. The van der Waals surface area contributed by atoms with E-state index in [1.165, 1.54) is 12.4 Å². The normalized spacial score (nSPS) is 11.8. The zero-order valence-corrected chi connectivity index (χ0v) is 16.5. The van der Waals surface area contributed by atoms with Crippen LogP contribution in [0.25, 0.3) is 17.6 Å². The molecule has 170 valence electrons. The number of pyridine rings is 1. The SMILES string of the molecule is Cl.O=C(/C=C\n1cnc(-c2cc(C(F)(F)F)cc(C(F)(F)F)c2)n1)NNc1ccncc1. The molecule has 0 atom stereocenters. The topological polar surface area (TPSA) is 84.7 Å². The van der Waals surface area contributed by atoms with Crippen LogP contribution < -0.4 is 10.9 Å². The van der Waals surface area contributed by atoms with Crippen LogP contribution in [0.15, 0.2) is 55.1 Å². The summed E-state index contributed by atoms with van der Waals surface area (Å²) in [5.74, 6) is -0.983. The Labute approximate surface area is 182 Å². The van der Waals surface area contributed by atoms with E-state index in [4.69, 9.17) is 0 Å². The molecule has 0 radical (unpaired) electrons. The minimum absolute atomic E-state index is 0. The Bertz CT molecular complexity index is 1070. The highest BCUT2D eigenvalue weighted by atomic mass is 35.5. The van der Waals surface area contributed by atoms with Crippen molar-refractivity contribution >= 4 is 30.2 Å². The van der Waals surface area contributed by atoms with E-state index in [9.17, 15) is 31.1 Å². The molecule has 0 saturated heterocycles. The van der Waals surface area contributed by atoms with Crippen molar-refractivity contribution in [2.45, 2.75) is 12.4 Å². The van der Waals surface area contributed by atoms with Gasteiger partial charge in [-0.3, -0.25) is 20.6 Å². The number of hydrogen-bond acceptors (Lipinski definition) is 5. The predicted molar refractivity (Wildman–Crippen MR) is 104 cm³/mol. The van der Waals surface area contributed by atoms with Gasteiger partial charge >= 0.3 is 12.4 Å². The average molecular weight is 479 g/mol. The van der Waals surface area contributed by atoms with Gasteiger partial charge in [-0.25, -0.2) is 9.67 Å². The number of rotatable bonds is 5. The summed E-state index contributed by atoms with van der Waals surface area (Å²) >= 11 is 0. The van der Waals surface area contributed by atoms with Gasteiger partial charge in [0.15, 0.2) is 5.82 Å². The van der Waals surface area contributed by atoms with E-state index in [-0.39, 0.29) is 24.3 Å². The lowest BCUT2D eigenvalue weighted by molar-refractivity contribution is -0.143. The summed E-state index contributed by atoms with van der Waals surface area (Å²) in [5, 5.41) is 3.79. The summed E-state index contributed by atoms with van der Waals surface area (Å²) in [7, 11) is 0. The molecule has 14 heteroatoms. The van der Waals surface area contributed by atoms with Crippen molar-refractivity contribution in [2.75, 3.05) is 5.43 Å². The van der Waals surface area contributed by atoms with Crippen molar-refractivity contribution in [2.24, 2.45) is 0 Å². The van der Waals surface area contributed by atoms with Crippen LogP contribution >= 0.6 is 12.4 Å². The van der Waals surface area contributed by atoms with Crippen LogP contribution in [-0.4, -0.2) is 25.7 Å². The van der Waals surface area contributed by atoms with Crippen LogP contribution in [0.4, 0.5) is 32.0 Å². The van der Waals surface area contributed by atoms with Crippen molar-refractivity contribution in [3.8, 4) is 11.4 Å².